The van der Waals surface area contributed by atoms with Crippen LogP contribution in [0, 0.1) is 6.92 Å². The third-order valence-corrected chi connectivity index (χ3v) is 6.82. The van der Waals surface area contributed by atoms with E-state index in [0.717, 1.165) is 62.0 Å². The molecule has 0 bridgehead atoms. The highest BCUT2D eigenvalue weighted by Gasteiger charge is 2.28. The fourth-order valence-corrected chi connectivity index (χ4v) is 5.02. The van der Waals surface area contributed by atoms with E-state index in [-0.39, 0.29) is 0 Å². The zero-order chi connectivity index (χ0) is 20.7. The first-order valence-electron chi connectivity index (χ1n) is 10.9. The number of nitrogens with zero attached hydrogens (tertiary/aromatic N) is 1. The van der Waals surface area contributed by atoms with Gasteiger partial charge in [-0.1, -0.05) is 18.2 Å². The van der Waals surface area contributed by atoms with Crippen LogP contribution in [0.3, 0.4) is 0 Å². The number of nitrogens with one attached hydrogen (secondary N) is 2. The topological polar surface area (TPSA) is 52.5 Å². The van der Waals surface area contributed by atoms with E-state index < -0.39 is 6.10 Å². The van der Waals surface area contributed by atoms with E-state index in [1.54, 1.807) is 4.90 Å². The molecule has 0 aliphatic carbocycles. The number of aromatic nitrogens is 1. The normalized spacial score (nSPS) is 21.8. The Morgan fingerprint density at radius 2 is 1.73 bits per heavy atom. The van der Waals surface area contributed by atoms with E-state index in [0.29, 0.717) is 6.79 Å². The molecule has 0 radical (unpaired) electrons. The van der Waals surface area contributed by atoms with Crippen LogP contribution in [0.15, 0.2) is 42.5 Å². The number of fused-ring (bicyclic) bond motifs is 2. The minimum Gasteiger partial charge on any atom is -0.454 e. The number of aliphatic hydroxyl groups is 1. The number of quaternary nitrogens is 2. The van der Waals surface area contributed by atoms with Gasteiger partial charge in [0.15, 0.2) is 11.5 Å². The first-order valence-corrected chi connectivity index (χ1v) is 10.9. The van der Waals surface area contributed by atoms with Crippen molar-refractivity contribution in [1.29, 1.82) is 0 Å². The molecule has 0 saturated carbocycles. The molecule has 2 aromatic carbocycles. The molecule has 3 aromatic rings. The second kappa shape index (κ2) is 7.95. The monoisotopic (exact) mass is 409 g/mol. The summed E-state index contributed by atoms with van der Waals surface area (Å²) < 4.78 is 13.1. The van der Waals surface area contributed by atoms with Gasteiger partial charge in [0.05, 0.1) is 0 Å². The summed E-state index contributed by atoms with van der Waals surface area (Å²) in [5, 5.41) is 12.3. The summed E-state index contributed by atoms with van der Waals surface area (Å²) in [5.41, 5.74) is 4.74. The van der Waals surface area contributed by atoms with Crippen molar-refractivity contribution in [1.82, 2.24) is 4.57 Å². The Morgan fingerprint density at radius 1 is 1.00 bits per heavy atom. The molecule has 1 fully saturated rings. The van der Waals surface area contributed by atoms with Crippen LogP contribution in [-0.2, 0) is 13.6 Å². The number of hydrogen-bond acceptors (Lipinski definition) is 3. The molecule has 3 N–H and O–H groups in total. The van der Waals surface area contributed by atoms with Crippen LogP contribution in [0.25, 0.3) is 10.9 Å². The van der Waals surface area contributed by atoms with Crippen molar-refractivity contribution in [2.75, 3.05) is 39.5 Å². The summed E-state index contributed by atoms with van der Waals surface area (Å²) in [6, 6.07) is 14.7. The second-order valence-electron chi connectivity index (χ2n) is 8.66. The van der Waals surface area contributed by atoms with Crippen LogP contribution in [0.5, 0.6) is 11.5 Å². The van der Waals surface area contributed by atoms with Gasteiger partial charge < -0.3 is 28.9 Å². The molecule has 1 aromatic heterocycles. The third kappa shape index (κ3) is 3.55. The minimum atomic E-state index is -0.429. The van der Waals surface area contributed by atoms with Crippen molar-refractivity contribution in [3.63, 3.8) is 0 Å². The maximum Gasteiger partial charge on any atom is 0.231 e. The van der Waals surface area contributed by atoms with Crippen LogP contribution in [0.1, 0.15) is 22.9 Å². The molecule has 3 heterocycles. The summed E-state index contributed by atoms with van der Waals surface area (Å²) in [4.78, 5) is 3.08. The van der Waals surface area contributed by atoms with E-state index >= 15 is 0 Å². The standard InChI is InChI=1S/C24H29N3O3/c1-17-24(19-5-3-4-6-20(19)25(17)2)21(28)15-27-11-9-26(10-12-27)14-18-7-8-22-23(13-18)30-16-29-22/h3-8,13,21,28H,9-12,14-16H2,1-2H3/p+2/t21-/m0/s1. The highest BCUT2D eigenvalue weighted by Crippen LogP contribution is 2.32. The lowest BCUT2D eigenvalue weighted by atomic mass is 10.0. The molecule has 30 heavy (non-hydrogen) atoms. The Morgan fingerprint density at radius 3 is 2.57 bits per heavy atom. The number of aryl methyl sites for hydroxylation is 1. The zero-order valence-electron chi connectivity index (χ0n) is 17.8. The summed E-state index contributed by atoms with van der Waals surface area (Å²) in [6.07, 6.45) is -0.429. The summed E-state index contributed by atoms with van der Waals surface area (Å²) in [6.45, 7) is 8.62. The van der Waals surface area contributed by atoms with Crippen molar-refractivity contribution >= 4 is 10.9 Å². The number of aliphatic hydroxyl groups excluding tert-OH is 1. The first kappa shape index (κ1) is 19.4. The molecular weight excluding hydrogens is 378 g/mol. The molecule has 0 amide bonds. The quantitative estimate of drug-likeness (QED) is 0.566. The van der Waals surface area contributed by atoms with Gasteiger partial charge in [0.2, 0.25) is 6.79 Å². The molecule has 0 unspecified atom stereocenters. The number of para-hydroxylation sites is 1. The van der Waals surface area contributed by atoms with Gasteiger partial charge in [-0.3, -0.25) is 0 Å². The van der Waals surface area contributed by atoms with Crippen molar-refractivity contribution in [2.45, 2.75) is 19.6 Å². The van der Waals surface area contributed by atoms with Crippen LogP contribution in [0.2, 0.25) is 0 Å². The van der Waals surface area contributed by atoms with Gasteiger partial charge >= 0.3 is 0 Å². The van der Waals surface area contributed by atoms with Crippen molar-refractivity contribution in [2.24, 2.45) is 7.05 Å². The van der Waals surface area contributed by atoms with Crippen LogP contribution >= 0.6 is 0 Å². The Kier molecular flexibility index (Phi) is 5.15. The first-order chi connectivity index (χ1) is 14.6. The minimum absolute atomic E-state index is 0.326. The second-order valence-corrected chi connectivity index (χ2v) is 8.66. The third-order valence-electron chi connectivity index (χ3n) is 6.82. The molecule has 2 aliphatic rings. The van der Waals surface area contributed by atoms with Gasteiger partial charge in [0.1, 0.15) is 45.4 Å². The maximum atomic E-state index is 11.1. The van der Waals surface area contributed by atoms with Crippen molar-refractivity contribution < 1.29 is 24.4 Å². The predicted molar refractivity (Wildman–Crippen MR) is 115 cm³/mol. The molecule has 1 atom stereocenters. The fraction of sp³-hybridized carbons (Fsp3) is 0.417. The molecule has 6 heteroatoms. The van der Waals surface area contributed by atoms with Crippen LogP contribution < -0.4 is 19.3 Å². The van der Waals surface area contributed by atoms with Gasteiger partial charge in [-0.05, 0) is 31.2 Å². The molecule has 0 spiro atoms. The smallest absolute Gasteiger partial charge is 0.231 e. The Labute approximate surface area is 177 Å². The lowest BCUT2D eigenvalue weighted by molar-refractivity contribution is -1.02. The van der Waals surface area contributed by atoms with Crippen LogP contribution in [0.4, 0.5) is 0 Å². The average Bonchev–Trinajstić information content (AvgIpc) is 3.32. The number of piperazine rings is 1. The van der Waals surface area contributed by atoms with Crippen LogP contribution in [-0.4, -0.2) is 49.2 Å². The average molecular weight is 410 g/mol. The van der Waals surface area contributed by atoms with E-state index in [2.05, 4.69) is 54.9 Å². The van der Waals surface area contributed by atoms with E-state index in [9.17, 15) is 5.11 Å². The van der Waals surface area contributed by atoms with Gasteiger partial charge in [-0.15, -0.1) is 0 Å². The number of benzene rings is 2. The fourth-order valence-electron chi connectivity index (χ4n) is 5.02. The SMILES string of the molecule is Cc1c([C@@H](O)C[NH+]2CC[NH+](Cc3ccc4c(c3)OCO4)CC2)c2ccccc2n1C. The predicted octanol–water partition coefficient (Wildman–Crippen LogP) is 0.232. The van der Waals surface area contributed by atoms with Gasteiger partial charge in [0, 0.05) is 34.8 Å². The lowest BCUT2D eigenvalue weighted by Crippen LogP contribution is -3.27. The number of ether oxygens (including phenoxy) is 2. The lowest BCUT2D eigenvalue weighted by Gasteiger charge is -2.31. The highest BCUT2D eigenvalue weighted by atomic mass is 16.7. The summed E-state index contributed by atoms with van der Waals surface area (Å²) in [5.74, 6) is 1.71. The largest absolute Gasteiger partial charge is 0.454 e. The van der Waals surface area contributed by atoms with Gasteiger partial charge in [-0.2, -0.15) is 0 Å². The van der Waals surface area contributed by atoms with E-state index in [1.165, 1.54) is 21.4 Å². The molecule has 2 aliphatic heterocycles. The zero-order valence-corrected chi connectivity index (χ0v) is 17.8. The Balaban J connectivity index is 1.20. The molecular formula is C24H31N3O3+2. The van der Waals surface area contributed by atoms with E-state index in [4.69, 9.17) is 9.47 Å². The maximum absolute atomic E-state index is 11.1. The summed E-state index contributed by atoms with van der Waals surface area (Å²) in [7, 11) is 2.08. The number of hydrogen-bond donors (Lipinski definition) is 3. The molecule has 158 valence electrons. The van der Waals surface area contributed by atoms with Crippen molar-refractivity contribution in [3.8, 4) is 11.5 Å². The number of rotatable bonds is 5. The Bertz CT molecular complexity index is 1050. The molecule has 6 nitrogen and oxygen atoms in total. The van der Waals surface area contributed by atoms with E-state index in [1.807, 2.05) is 6.07 Å². The molecule has 1 saturated heterocycles. The summed E-state index contributed by atoms with van der Waals surface area (Å²) >= 11 is 0. The molecule has 5 rings (SSSR count). The highest BCUT2D eigenvalue weighted by molar-refractivity contribution is 5.85. The van der Waals surface area contributed by atoms with Gasteiger partial charge in [-0.25, -0.2) is 0 Å². The Hall–Kier alpha value is -2.54. The van der Waals surface area contributed by atoms with Gasteiger partial charge in [0.25, 0.3) is 0 Å². The van der Waals surface area contributed by atoms with Crippen molar-refractivity contribution in [3.05, 3.63) is 59.3 Å².